The lowest BCUT2D eigenvalue weighted by molar-refractivity contribution is 0.488. The predicted octanol–water partition coefficient (Wildman–Crippen LogP) is 3.15. The van der Waals surface area contributed by atoms with Gasteiger partial charge in [-0.2, -0.15) is 0 Å². The average Bonchev–Trinajstić information content (AvgIpc) is 2.47. The Bertz CT molecular complexity index is 573. The van der Waals surface area contributed by atoms with Gasteiger partial charge in [0.25, 0.3) is 0 Å². The van der Waals surface area contributed by atoms with Gasteiger partial charge in [0, 0.05) is 18.0 Å². The van der Waals surface area contributed by atoms with Crippen LogP contribution in [0.2, 0.25) is 0 Å². The third-order valence-electron chi connectivity index (χ3n) is 3.05. The first kappa shape index (κ1) is 14.5. The molecule has 2 rings (SSSR count). The molecule has 0 aliphatic rings. The smallest absolute Gasteiger partial charge is 0.149 e. The molecule has 1 N–H and O–H groups in total. The fraction of sp³-hybridized carbons (Fsp3) is 0.333. The van der Waals surface area contributed by atoms with E-state index in [-0.39, 0.29) is 5.56 Å². The molecule has 5 heteroatoms. The molecule has 0 amide bonds. The highest BCUT2D eigenvalue weighted by Gasteiger charge is 2.24. The number of hydrogen-bond acceptors (Lipinski definition) is 3. The first-order chi connectivity index (χ1) is 9.65. The topological polar surface area (TPSA) is 37.8 Å². The Morgan fingerprint density at radius 2 is 1.90 bits per heavy atom. The first-order valence-corrected chi connectivity index (χ1v) is 6.60. The lowest BCUT2D eigenvalue weighted by Gasteiger charge is -2.19. The standard InChI is InChI=1S/C15H17F2N3/c1-3-7-18-14(15-19-8-4-9-20-15)12-11(16)6-5-10(2)13(12)17/h4-6,8-9,14,18H,3,7H2,1-2H3. The zero-order valence-corrected chi connectivity index (χ0v) is 11.5. The number of aryl methyl sites for hydroxylation is 1. The number of benzene rings is 1. The van der Waals surface area contributed by atoms with Gasteiger partial charge >= 0.3 is 0 Å². The van der Waals surface area contributed by atoms with Gasteiger partial charge in [-0.15, -0.1) is 0 Å². The Hall–Kier alpha value is -1.88. The van der Waals surface area contributed by atoms with E-state index < -0.39 is 17.7 Å². The Morgan fingerprint density at radius 3 is 2.55 bits per heavy atom. The molecule has 1 heterocycles. The molecule has 0 aliphatic heterocycles. The Labute approximate surface area is 117 Å². The highest BCUT2D eigenvalue weighted by atomic mass is 19.1. The maximum Gasteiger partial charge on any atom is 0.149 e. The zero-order valence-electron chi connectivity index (χ0n) is 11.5. The highest BCUT2D eigenvalue weighted by molar-refractivity contribution is 5.32. The van der Waals surface area contributed by atoms with Gasteiger partial charge in [0.1, 0.15) is 17.5 Å². The molecule has 20 heavy (non-hydrogen) atoms. The summed E-state index contributed by atoms with van der Waals surface area (Å²) in [5.41, 5.74) is 0.380. The molecule has 0 saturated carbocycles. The second kappa shape index (κ2) is 6.52. The van der Waals surface area contributed by atoms with Crippen LogP contribution in [0.25, 0.3) is 0 Å². The number of nitrogens with zero attached hydrogens (tertiary/aromatic N) is 2. The molecule has 0 aliphatic carbocycles. The second-order valence-electron chi connectivity index (χ2n) is 4.59. The van der Waals surface area contributed by atoms with Crippen molar-refractivity contribution in [1.29, 1.82) is 0 Å². The van der Waals surface area contributed by atoms with E-state index in [4.69, 9.17) is 0 Å². The molecule has 2 aromatic rings. The van der Waals surface area contributed by atoms with Crippen LogP contribution in [-0.2, 0) is 0 Å². The molecular formula is C15H17F2N3. The van der Waals surface area contributed by atoms with Crippen LogP contribution in [0.4, 0.5) is 8.78 Å². The summed E-state index contributed by atoms with van der Waals surface area (Å²) in [6.45, 7) is 4.22. The maximum atomic E-state index is 14.3. The number of halogens is 2. The Kier molecular flexibility index (Phi) is 4.74. The number of rotatable bonds is 5. The van der Waals surface area contributed by atoms with Gasteiger partial charge < -0.3 is 5.32 Å². The van der Waals surface area contributed by atoms with Crippen LogP contribution in [0.5, 0.6) is 0 Å². The lowest BCUT2D eigenvalue weighted by atomic mass is 10.0. The monoisotopic (exact) mass is 277 g/mol. The van der Waals surface area contributed by atoms with Crippen molar-refractivity contribution < 1.29 is 8.78 Å². The summed E-state index contributed by atoms with van der Waals surface area (Å²) >= 11 is 0. The van der Waals surface area contributed by atoms with Crippen molar-refractivity contribution in [3.05, 3.63) is 59.2 Å². The molecule has 106 valence electrons. The normalized spacial score (nSPS) is 12.4. The molecule has 3 nitrogen and oxygen atoms in total. The molecule has 0 fully saturated rings. The van der Waals surface area contributed by atoms with Crippen molar-refractivity contribution >= 4 is 0 Å². The summed E-state index contributed by atoms with van der Waals surface area (Å²) in [7, 11) is 0. The minimum atomic E-state index is -0.684. The van der Waals surface area contributed by atoms with Gasteiger partial charge in [0.05, 0.1) is 6.04 Å². The van der Waals surface area contributed by atoms with E-state index in [1.54, 1.807) is 25.4 Å². The maximum absolute atomic E-state index is 14.3. The van der Waals surface area contributed by atoms with Gasteiger partial charge in [0.2, 0.25) is 0 Å². The third-order valence-corrected chi connectivity index (χ3v) is 3.05. The van der Waals surface area contributed by atoms with Crippen LogP contribution in [-0.4, -0.2) is 16.5 Å². The molecule has 1 aromatic heterocycles. The molecule has 1 atom stereocenters. The van der Waals surface area contributed by atoms with E-state index in [1.165, 1.54) is 12.1 Å². The molecule has 0 bridgehead atoms. The van der Waals surface area contributed by atoms with E-state index in [0.29, 0.717) is 17.9 Å². The third kappa shape index (κ3) is 2.99. The second-order valence-corrected chi connectivity index (χ2v) is 4.59. The minimum absolute atomic E-state index is 0.0235. The van der Waals surface area contributed by atoms with Gasteiger partial charge in [-0.1, -0.05) is 13.0 Å². The molecular weight excluding hydrogens is 260 g/mol. The molecule has 1 aromatic carbocycles. The van der Waals surface area contributed by atoms with Gasteiger partial charge in [-0.25, -0.2) is 18.7 Å². The summed E-state index contributed by atoms with van der Waals surface area (Å²) in [5.74, 6) is -0.774. The zero-order chi connectivity index (χ0) is 14.5. The van der Waals surface area contributed by atoms with E-state index in [2.05, 4.69) is 15.3 Å². The number of nitrogens with one attached hydrogen (secondary N) is 1. The van der Waals surface area contributed by atoms with E-state index in [0.717, 1.165) is 6.42 Å². The van der Waals surface area contributed by atoms with Crippen LogP contribution in [0.3, 0.4) is 0 Å². The number of hydrogen-bond donors (Lipinski definition) is 1. The summed E-state index contributed by atoms with van der Waals surface area (Å²) in [4.78, 5) is 8.23. The quantitative estimate of drug-likeness (QED) is 0.912. The summed E-state index contributed by atoms with van der Waals surface area (Å²) < 4.78 is 28.3. The molecule has 0 radical (unpaired) electrons. The van der Waals surface area contributed by atoms with Crippen molar-refractivity contribution in [2.75, 3.05) is 6.54 Å². The molecule has 0 spiro atoms. The summed E-state index contributed by atoms with van der Waals surface area (Å²) in [6.07, 6.45) is 3.97. The van der Waals surface area contributed by atoms with E-state index in [1.807, 2.05) is 6.92 Å². The largest absolute Gasteiger partial charge is 0.303 e. The fourth-order valence-corrected chi connectivity index (χ4v) is 2.01. The van der Waals surface area contributed by atoms with Crippen molar-refractivity contribution in [3.8, 4) is 0 Å². The van der Waals surface area contributed by atoms with Crippen molar-refractivity contribution in [1.82, 2.24) is 15.3 Å². The van der Waals surface area contributed by atoms with Crippen molar-refractivity contribution in [2.24, 2.45) is 0 Å². The van der Waals surface area contributed by atoms with Crippen LogP contribution in [0.1, 0.15) is 36.3 Å². The summed E-state index contributed by atoms with van der Waals surface area (Å²) in [6, 6.07) is 3.69. The fourth-order valence-electron chi connectivity index (χ4n) is 2.01. The predicted molar refractivity (Wildman–Crippen MR) is 73.3 cm³/mol. The Morgan fingerprint density at radius 1 is 1.20 bits per heavy atom. The highest BCUT2D eigenvalue weighted by Crippen LogP contribution is 2.26. The van der Waals surface area contributed by atoms with Crippen molar-refractivity contribution in [3.63, 3.8) is 0 Å². The van der Waals surface area contributed by atoms with Crippen LogP contribution in [0, 0.1) is 18.6 Å². The molecule has 0 saturated heterocycles. The Balaban J connectivity index is 2.49. The first-order valence-electron chi connectivity index (χ1n) is 6.60. The van der Waals surface area contributed by atoms with Gasteiger partial charge in [-0.05, 0) is 37.6 Å². The van der Waals surface area contributed by atoms with Crippen molar-refractivity contribution in [2.45, 2.75) is 26.3 Å². The van der Waals surface area contributed by atoms with Gasteiger partial charge in [-0.3, -0.25) is 0 Å². The molecule has 1 unspecified atom stereocenters. The summed E-state index contributed by atoms with van der Waals surface area (Å²) in [5, 5.41) is 3.11. The SMILES string of the molecule is CCCNC(c1ncccn1)c1c(F)ccc(C)c1F. The van der Waals surface area contributed by atoms with E-state index in [9.17, 15) is 8.78 Å². The van der Waals surface area contributed by atoms with E-state index >= 15 is 0 Å². The number of aromatic nitrogens is 2. The van der Waals surface area contributed by atoms with Gasteiger partial charge in [0.15, 0.2) is 0 Å². The van der Waals surface area contributed by atoms with Crippen LogP contribution in [0.15, 0.2) is 30.6 Å². The van der Waals surface area contributed by atoms with Crippen LogP contribution >= 0.6 is 0 Å². The minimum Gasteiger partial charge on any atom is -0.303 e. The van der Waals surface area contributed by atoms with Crippen LogP contribution < -0.4 is 5.32 Å². The average molecular weight is 277 g/mol. The lowest BCUT2D eigenvalue weighted by Crippen LogP contribution is -2.27.